The SMILES string of the molecule is C[N+](CCO)(CCCNS(=O)(=O)C(F)(F)C(F)(F)C(F)(F)C(F)(F)C(F)(F)C(F)(F)C(F)(F)C(F)(F)C(F)(F)C(F)(F)C(F)(F)F)CCCS(=O)(=O)O. The maximum atomic E-state index is 14.3. The van der Waals surface area contributed by atoms with Crippen molar-refractivity contribution in [1.29, 1.82) is 0 Å². The number of quaternary nitrogens is 1. The first-order valence-electron chi connectivity index (χ1n) is 13.0. The molecule has 0 radical (unpaired) electrons. The number of aliphatic hydroxyl groups excluding tert-OH is 1. The van der Waals surface area contributed by atoms with Gasteiger partial charge in [0, 0.05) is 19.4 Å². The van der Waals surface area contributed by atoms with Crippen LogP contribution in [0.4, 0.5) is 101 Å². The molecule has 320 valence electrons. The summed E-state index contributed by atoms with van der Waals surface area (Å²) in [5, 5.41) is 1.10. The second-order valence-electron chi connectivity index (χ2n) is 11.1. The highest BCUT2D eigenvalue weighted by molar-refractivity contribution is 7.90. The summed E-state index contributed by atoms with van der Waals surface area (Å²) in [4.78, 5) is 0. The number of alkyl halides is 23. The monoisotopic (exact) mass is 887 g/mol. The normalized spacial score (nSPS) is 17.2. The largest absolute Gasteiger partial charge is 0.460 e. The first kappa shape index (κ1) is 51.1. The third kappa shape index (κ3) is 8.32. The first-order valence-corrected chi connectivity index (χ1v) is 16.1. The van der Waals surface area contributed by atoms with Gasteiger partial charge in [-0.05, 0) is 0 Å². The zero-order valence-corrected chi connectivity index (χ0v) is 26.8. The number of nitrogens with one attached hydrogen (secondary N) is 1. The standard InChI is InChI=1S/C20H21F23N2O6S2/c1-45(7-8-46,6-3-9-52(47,48)49)5-2-4-44-53(50,51)20(42,43)18(37,38)16(33,34)14(29,30)12(25,26)10(21,22)11(23,24)13(27,28)15(31,32)17(35,36)19(39,40)41/h44,46H,2-9H2,1H3/p+1. The quantitative estimate of drug-likeness (QED) is 0.0574. The summed E-state index contributed by atoms with van der Waals surface area (Å²) >= 11 is 0. The fourth-order valence-corrected chi connectivity index (χ4v) is 5.43. The lowest BCUT2D eigenvalue weighted by atomic mass is 9.86. The molecule has 0 aliphatic heterocycles. The fraction of sp³-hybridized carbons (Fsp3) is 1.00. The van der Waals surface area contributed by atoms with Gasteiger partial charge in [0.2, 0.25) is 0 Å². The van der Waals surface area contributed by atoms with Gasteiger partial charge in [0.15, 0.2) is 0 Å². The van der Waals surface area contributed by atoms with Crippen LogP contribution in [0.2, 0.25) is 0 Å². The van der Waals surface area contributed by atoms with Gasteiger partial charge in [-0.3, -0.25) is 4.55 Å². The minimum Gasteiger partial charge on any atom is -0.391 e. The lowest BCUT2D eigenvalue weighted by molar-refractivity contribution is -0.909. The topological polar surface area (TPSA) is 121 Å². The van der Waals surface area contributed by atoms with Crippen LogP contribution in [0, 0.1) is 0 Å². The summed E-state index contributed by atoms with van der Waals surface area (Å²) in [6.45, 7) is -3.84. The van der Waals surface area contributed by atoms with E-state index in [9.17, 15) is 118 Å². The van der Waals surface area contributed by atoms with Crippen molar-refractivity contribution in [1.82, 2.24) is 4.72 Å². The maximum Gasteiger partial charge on any atom is 0.460 e. The Morgan fingerprint density at radius 1 is 0.491 bits per heavy atom. The molecule has 3 N–H and O–H groups in total. The van der Waals surface area contributed by atoms with Crippen LogP contribution >= 0.6 is 0 Å². The Kier molecular flexibility index (Phi) is 14.1. The van der Waals surface area contributed by atoms with Gasteiger partial charge in [-0.15, -0.1) is 0 Å². The van der Waals surface area contributed by atoms with Crippen molar-refractivity contribution in [2.24, 2.45) is 0 Å². The van der Waals surface area contributed by atoms with E-state index in [2.05, 4.69) is 0 Å². The molecule has 33 heteroatoms. The Balaban J connectivity index is 6.75. The van der Waals surface area contributed by atoms with Crippen molar-refractivity contribution in [3.05, 3.63) is 0 Å². The van der Waals surface area contributed by atoms with E-state index in [1.807, 2.05) is 0 Å². The number of aliphatic hydroxyl groups is 1. The average molecular weight is 887 g/mol. The van der Waals surface area contributed by atoms with Gasteiger partial charge in [0.25, 0.3) is 20.1 Å². The van der Waals surface area contributed by atoms with Crippen LogP contribution < -0.4 is 4.72 Å². The molecule has 8 nitrogen and oxygen atoms in total. The Bertz CT molecular complexity index is 1500. The van der Waals surface area contributed by atoms with Crippen molar-refractivity contribution in [2.75, 3.05) is 45.6 Å². The Morgan fingerprint density at radius 3 is 1.09 bits per heavy atom. The van der Waals surface area contributed by atoms with Gasteiger partial charge in [-0.25, -0.2) is 13.1 Å². The van der Waals surface area contributed by atoms with Gasteiger partial charge < -0.3 is 9.59 Å². The minimum atomic E-state index is -9.62. The maximum absolute atomic E-state index is 14.3. The van der Waals surface area contributed by atoms with Crippen molar-refractivity contribution < 1.29 is 132 Å². The first-order chi connectivity index (χ1) is 22.7. The Hall–Kier alpha value is -1.87. The Morgan fingerprint density at radius 2 is 0.792 bits per heavy atom. The van der Waals surface area contributed by atoms with Gasteiger partial charge in [0.05, 0.1) is 32.5 Å². The predicted octanol–water partition coefficient (Wildman–Crippen LogP) is 5.89. The molecular weight excluding hydrogens is 865 g/mol. The van der Waals surface area contributed by atoms with Crippen LogP contribution in [0.15, 0.2) is 0 Å². The lowest BCUT2D eigenvalue weighted by Gasteiger charge is -2.45. The third-order valence-electron chi connectivity index (χ3n) is 7.12. The molecule has 53 heavy (non-hydrogen) atoms. The highest BCUT2D eigenvalue weighted by Gasteiger charge is 2.99. The van der Waals surface area contributed by atoms with Crippen LogP contribution in [-0.4, -0.2) is 141 Å². The molecular formula is C20H22F23N2O6S2+. The van der Waals surface area contributed by atoms with E-state index >= 15 is 0 Å². The number of rotatable bonds is 21. The molecule has 0 aliphatic rings. The van der Waals surface area contributed by atoms with Crippen molar-refractivity contribution in [3.63, 3.8) is 0 Å². The van der Waals surface area contributed by atoms with Crippen molar-refractivity contribution in [2.45, 2.75) is 77.6 Å². The molecule has 1 atom stereocenters. The van der Waals surface area contributed by atoms with Crippen LogP contribution in [-0.2, 0) is 20.1 Å². The molecule has 0 saturated carbocycles. The molecule has 0 aliphatic carbocycles. The molecule has 1 unspecified atom stereocenters. The number of hydrogen-bond donors (Lipinski definition) is 3. The van der Waals surface area contributed by atoms with E-state index in [-0.39, 0.29) is 6.54 Å². The molecule has 0 aromatic heterocycles. The van der Waals surface area contributed by atoms with Crippen molar-refractivity contribution >= 4 is 20.1 Å². The van der Waals surface area contributed by atoms with E-state index in [1.54, 1.807) is 0 Å². The number of sulfonamides is 1. The van der Waals surface area contributed by atoms with E-state index in [0.29, 0.717) is 4.72 Å². The van der Waals surface area contributed by atoms with Gasteiger partial charge in [0.1, 0.15) is 6.54 Å². The summed E-state index contributed by atoms with van der Waals surface area (Å²) in [6.07, 6.45) is -9.59. The number of hydrogen-bond acceptors (Lipinski definition) is 5. The summed E-state index contributed by atoms with van der Waals surface area (Å²) in [7, 11) is -11.2. The number of nitrogens with zero attached hydrogens (tertiary/aromatic N) is 1. The number of likely N-dealkylation sites (N-methyl/N-ethyl adjacent to an activating group) is 1. The van der Waals surface area contributed by atoms with Crippen LogP contribution in [0.5, 0.6) is 0 Å². The molecule has 0 fully saturated rings. The molecule has 0 heterocycles. The lowest BCUT2D eigenvalue weighted by Crippen LogP contribution is -2.78. The second-order valence-corrected chi connectivity index (χ2v) is 14.5. The minimum absolute atomic E-state index is 0.335. The van der Waals surface area contributed by atoms with Crippen LogP contribution in [0.3, 0.4) is 0 Å². The summed E-state index contributed by atoms with van der Waals surface area (Å²) in [5.74, 6) is -84.4. The number of halogens is 23. The Labute approximate surface area is 280 Å². The average Bonchev–Trinajstić information content (AvgIpc) is 2.93. The summed E-state index contributed by atoms with van der Waals surface area (Å²) < 4.78 is 365. The molecule has 0 aromatic rings. The van der Waals surface area contributed by atoms with Gasteiger partial charge in [-0.2, -0.15) is 109 Å². The second kappa shape index (κ2) is 14.6. The highest BCUT2D eigenvalue weighted by Crippen LogP contribution is 2.67. The van der Waals surface area contributed by atoms with E-state index in [0.717, 1.165) is 7.05 Å². The third-order valence-corrected chi connectivity index (χ3v) is 9.44. The van der Waals surface area contributed by atoms with E-state index in [1.165, 1.54) is 0 Å². The summed E-state index contributed by atoms with van der Waals surface area (Å²) in [5.41, 5.74) is 0. The van der Waals surface area contributed by atoms with E-state index in [4.69, 9.17) is 9.66 Å². The zero-order chi connectivity index (χ0) is 43.4. The fourth-order valence-electron chi connectivity index (χ4n) is 3.87. The smallest absolute Gasteiger partial charge is 0.391 e. The zero-order valence-electron chi connectivity index (χ0n) is 25.1. The molecule has 0 rings (SSSR count). The molecule has 0 amide bonds. The molecule has 0 bridgehead atoms. The summed E-state index contributed by atoms with van der Waals surface area (Å²) in [6, 6.07) is 0. The molecule has 0 spiro atoms. The van der Waals surface area contributed by atoms with E-state index < -0.39 is 134 Å². The van der Waals surface area contributed by atoms with Gasteiger partial charge in [-0.1, -0.05) is 0 Å². The van der Waals surface area contributed by atoms with Crippen LogP contribution in [0.25, 0.3) is 0 Å². The van der Waals surface area contributed by atoms with Crippen molar-refractivity contribution in [3.8, 4) is 0 Å². The molecule has 0 aromatic carbocycles. The molecule has 0 saturated heterocycles. The predicted molar refractivity (Wildman–Crippen MR) is 126 cm³/mol. The van der Waals surface area contributed by atoms with Crippen LogP contribution in [0.1, 0.15) is 12.8 Å². The highest BCUT2D eigenvalue weighted by atomic mass is 32.2. The van der Waals surface area contributed by atoms with Gasteiger partial charge >= 0.3 is 64.7 Å².